The van der Waals surface area contributed by atoms with Gasteiger partial charge in [0.25, 0.3) is 0 Å². The molecule has 0 saturated carbocycles. The molecule has 2 atom stereocenters. The third-order valence-electron chi connectivity index (χ3n) is 3.48. The summed E-state index contributed by atoms with van der Waals surface area (Å²) in [6.45, 7) is 5.49. The Bertz CT molecular complexity index is 394. The van der Waals surface area contributed by atoms with Gasteiger partial charge in [0.05, 0.1) is 18.8 Å². The molecule has 0 bridgehead atoms. The zero-order chi connectivity index (χ0) is 14.2. The lowest BCUT2D eigenvalue weighted by Gasteiger charge is -2.21. The lowest BCUT2D eigenvalue weighted by molar-refractivity contribution is -0.0209. The molecule has 3 nitrogen and oxygen atoms in total. The van der Waals surface area contributed by atoms with Crippen molar-refractivity contribution in [3.63, 3.8) is 0 Å². The van der Waals surface area contributed by atoms with E-state index in [9.17, 15) is 0 Å². The molecule has 1 aliphatic rings. The maximum Gasteiger partial charge on any atom is 0.0951 e. The van der Waals surface area contributed by atoms with E-state index in [-0.39, 0.29) is 12.2 Å². The van der Waals surface area contributed by atoms with Crippen LogP contribution in [0.1, 0.15) is 37.9 Å². The van der Waals surface area contributed by atoms with E-state index in [0.717, 1.165) is 49.5 Å². The maximum atomic E-state index is 6.08. The van der Waals surface area contributed by atoms with Crippen LogP contribution in [0.2, 0.25) is 5.02 Å². The number of halogens is 1. The molecule has 1 heterocycles. The predicted octanol–water partition coefficient (Wildman–Crippen LogP) is 3.58. The molecule has 0 aromatic heterocycles. The van der Waals surface area contributed by atoms with Crippen molar-refractivity contribution < 1.29 is 9.47 Å². The summed E-state index contributed by atoms with van der Waals surface area (Å²) in [7, 11) is 0. The molecule has 2 unspecified atom stereocenters. The molecule has 20 heavy (non-hydrogen) atoms. The number of nitrogens with one attached hydrogen (secondary N) is 1. The minimum atomic E-state index is 0.0319. The van der Waals surface area contributed by atoms with Crippen LogP contribution in [0.3, 0.4) is 0 Å². The quantitative estimate of drug-likeness (QED) is 0.744. The van der Waals surface area contributed by atoms with Crippen molar-refractivity contribution in [3.8, 4) is 0 Å². The molecule has 2 rings (SSSR count). The standard InChI is InChI=1S/C16H24ClNO2/c1-2-8-18-11-16(13-5-3-6-14(17)10-13)20-12-15-7-4-9-19-15/h3,5-6,10,15-16,18H,2,4,7-9,11-12H2,1H3. The summed E-state index contributed by atoms with van der Waals surface area (Å²) in [5, 5.41) is 4.17. The highest BCUT2D eigenvalue weighted by molar-refractivity contribution is 6.30. The Morgan fingerprint density at radius 3 is 3.10 bits per heavy atom. The van der Waals surface area contributed by atoms with Crippen molar-refractivity contribution in [1.82, 2.24) is 5.32 Å². The molecule has 1 aromatic rings. The normalized spacial score (nSPS) is 20.2. The molecular weight excluding hydrogens is 274 g/mol. The molecule has 1 aliphatic heterocycles. The monoisotopic (exact) mass is 297 g/mol. The SMILES string of the molecule is CCCNCC(OCC1CCCO1)c1cccc(Cl)c1. The van der Waals surface area contributed by atoms with Crippen molar-refractivity contribution in [3.05, 3.63) is 34.9 Å². The molecule has 0 radical (unpaired) electrons. The second-order valence-electron chi connectivity index (χ2n) is 5.22. The number of hydrogen-bond acceptors (Lipinski definition) is 3. The van der Waals surface area contributed by atoms with Gasteiger partial charge < -0.3 is 14.8 Å². The summed E-state index contributed by atoms with van der Waals surface area (Å²) in [5.74, 6) is 0. The molecule has 1 fully saturated rings. The van der Waals surface area contributed by atoms with Crippen LogP contribution in [0.25, 0.3) is 0 Å². The Labute approximate surface area is 126 Å². The number of benzene rings is 1. The van der Waals surface area contributed by atoms with Gasteiger partial charge in [-0.1, -0.05) is 30.7 Å². The molecule has 1 aromatic carbocycles. The molecule has 0 spiro atoms. The van der Waals surface area contributed by atoms with Crippen molar-refractivity contribution >= 4 is 11.6 Å². The molecule has 1 N–H and O–H groups in total. The molecule has 4 heteroatoms. The van der Waals surface area contributed by atoms with E-state index < -0.39 is 0 Å². The summed E-state index contributed by atoms with van der Waals surface area (Å²) in [6, 6.07) is 7.91. The van der Waals surface area contributed by atoms with Crippen LogP contribution in [0.15, 0.2) is 24.3 Å². The number of rotatable bonds is 8. The fraction of sp³-hybridized carbons (Fsp3) is 0.625. The maximum absolute atomic E-state index is 6.08. The van der Waals surface area contributed by atoms with Gasteiger partial charge in [0.15, 0.2) is 0 Å². The highest BCUT2D eigenvalue weighted by Crippen LogP contribution is 2.22. The average Bonchev–Trinajstić information content (AvgIpc) is 2.96. The Morgan fingerprint density at radius 1 is 1.50 bits per heavy atom. The van der Waals surface area contributed by atoms with Crippen molar-refractivity contribution in [2.24, 2.45) is 0 Å². The lowest BCUT2D eigenvalue weighted by atomic mass is 10.1. The third kappa shape index (κ3) is 5.06. The zero-order valence-corrected chi connectivity index (χ0v) is 12.9. The van der Waals surface area contributed by atoms with E-state index >= 15 is 0 Å². The molecule has 0 amide bonds. The first kappa shape index (κ1) is 15.8. The summed E-state index contributed by atoms with van der Waals surface area (Å²) in [6.07, 6.45) is 3.65. The second-order valence-corrected chi connectivity index (χ2v) is 5.65. The summed E-state index contributed by atoms with van der Waals surface area (Å²) in [4.78, 5) is 0. The Hall–Kier alpha value is -0.610. The first-order valence-electron chi connectivity index (χ1n) is 7.49. The third-order valence-corrected chi connectivity index (χ3v) is 3.72. The molecular formula is C16H24ClNO2. The van der Waals surface area contributed by atoms with Crippen molar-refractivity contribution in [2.75, 3.05) is 26.3 Å². The van der Waals surface area contributed by atoms with E-state index in [2.05, 4.69) is 18.3 Å². The minimum absolute atomic E-state index is 0.0319. The van der Waals surface area contributed by atoms with Crippen LogP contribution in [0.4, 0.5) is 0 Å². The van der Waals surface area contributed by atoms with E-state index in [1.165, 1.54) is 0 Å². The van der Waals surface area contributed by atoms with Crippen LogP contribution < -0.4 is 5.32 Å². The van der Waals surface area contributed by atoms with E-state index in [1.54, 1.807) is 0 Å². The predicted molar refractivity (Wildman–Crippen MR) is 82.3 cm³/mol. The van der Waals surface area contributed by atoms with Crippen molar-refractivity contribution in [2.45, 2.75) is 38.4 Å². The first-order chi connectivity index (χ1) is 9.79. The van der Waals surface area contributed by atoms with Gasteiger partial charge in [0, 0.05) is 18.2 Å². The van der Waals surface area contributed by atoms with Crippen LogP contribution in [-0.4, -0.2) is 32.4 Å². The highest BCUT2D eigenvalue weighted by atomic mass is 35.5. The highest BCUT2D eigenvalue weighted by Gasteiger charge is 2.19. The van der Waals surface area contributed by atoms with E-state index in [1.807, 2.05) is 18.2 Å². The Kier molecular flexibility index (Phi) is 6.80. The molecule has 0 aliphatic carbocycles. The van der Waals surface area contributed by atoms with Gasteiger partial charge in [0.2, 0.25) is 0 Å². The van der Waals surface area contributed by atoms with Crippen LogP contribution >= 0.6 is 11.6 Å². The van der Waals surface area contributed by atoms with Gasteiger partial charge in [0.1, 0.15) is 0 Å². The minimum Gasteiger partial charge on any atom is -0.376 e. The fourth-order valence-electron chi connectivity index (χ4n) is 2.39. The second kappa shape index (κ2) is 8.63. The average molecular weight is 298 g/mol. The van der Waals surface area contributed by atoms with Gasteiger partial charge in [-0.05, 0) is 43.5 Å². The Balaban J connectivity index is 1.92. The first-order valence-corrected chi connectivity index (χ1v) is 7.86. The van der Waals surface area contributed by atoms with Gasteiger partial charge in [-0.15, -0.1) is 0 Å². The van der Waals surface area contributed by atoms with Crippen LogP contribution in [-0.2, 0) is 9.47 Å². The summed E-state index contributed by atoms with van der Waals surface area (Å²) in [5.41, 5.74) is 1.12. The van der Waals surface area contributed by atoms with Crippen LogP contribution in [0, 0.1) is 0 Å². The fourth-order valence-corrected chi connectivity index (χ4v) is 2.59. The number of hydrogen-bond donors (Lipinski definition) is 1. The Morgan fingerprint density at radius 2 is 2.40 bits per heavy atom. The number of ether oxygens (including phenoxy) is 2. The largest absolute Gasteiger partial charge is 0.376 e. The lowest BCUT2D eigenvalue weighted by Crippen LogP contribution is -2.26. The van der Waals surface area contributed by atoms with Gasteiger partial charge in [-0.25, -0.2) is 0 Å². The molecule has 112 valence electrons. The zero-order valence-electron chi connectivity index (χ0n) is 12.1. The van der Waals surface area contributed by atoms with Crippen LogP contribution in [0.5, 0.6) is 0 Å². The van der Waals surface area contributed by atoms with Crippen molar-refractivity contribution in [1.29, 1.82) is 0 Å². The molecule has 1 saturated heterocycles. The van der Waals surface area contributed by atoms with Gasteiger partial charge in [-0.2, -0.15) is 0 Å². The topological polar surface area (TPSA) is 30.5 Å². The summed E-state index contributed by atoms with van der Waals surface area (Å²) >= 11 is 6.08. The van der Waals surface area contributed by atoms with Gasteiger partial charge in [-0.3, -0.25) is 0 Å². The smallest absolute Gasteiger partial charge is 0.0951 e. The van der Waals surface area contributed by atoms with E-state index in [4.69, 9.17) is 21.1 Å². The van der Waals surface area contributed by atoms with E-state index in [0.29, 0.717) is 6.61 Å². The summed E-state index contributed by atoms with van der Waals surface area (Å²) < 4.78 is 11.7. The van der Waals surface area contributed by atoms with Gasteiger partial charge >= 0.3 is 0 Å².